The third-order valence-corrected chi connectivity index (χ3v) is 4.65. The molecule has 1 heterocycles. The van der Waals surface area contributed by atoms with Crippen LogP contribution in [0.4, 0.5) is 0 Å². The van der Waals surface area contributed by atoms with Crippen LogP contribution < -0.4 is 0 Å². The number of aliphatic hydroxyl groups excluding tert-OH is 1. The Labute approximate surface area is 91.4 Å². The van der Waals surface area contributed by atoms with Crippen LogP contribution >= 0.6 is 0 Å². The van der Waals surface area contributed by atoms with E-state index in [0.29, 0.717) is 12.1 Å². The minimum Gasteiger partial charge on any atom is -0.396 e. The lowest BCUT2D eigenvalue weighted by molar-refractivity contribution is -0.115. The Morgan fingerprint density at radius 2 is 2.00 bits per heavy atom. The molecule has 3 aliphatic rings. The van der Waals surface area contributed by atoms with Gasteiger partial charge in [-0.05, 0) is 32.1 Å². The normalized spacial score (nSPS) is 32.6. The summed E-state index contributed by atoms with van der Waals surface area (Å²) in [5.41, 5.74) is 0.628. The highest BCUT2D eigenvalue weighted by atomic mass is 16.5. The van der Waals surface area contributed by atoms with Gasteiger partial charge in [-0.3, -0.25) is 4.90 Å². The molecule has 3 fully saturated rings. The lowest BCUT2D eigenvalue weighted by atomic mass is 9.74. The lowest BCUT2D eigenvalue weighted by Gasteiger charge is -2.53. The average molecular weight is 211 g/mol. The summed E-state index contributed by atoms with van der Waals surface area (Å²) in [5.74, 6) is 0. The number of rotatable bonds is 3. The van der Waals surface area contributed by atoms with E-state index < -0.39 is 0 Å². The number of hydrogen-bond donors (Lipinski definition) is 1. The van der Waals surface area contributed by atoms with Crippen molar-refractivity contribution in [3.8, 4) is 0 Å². The van der Waals surface area contributed by atoms with Crippen LogP contribution in [-0.2, 0) is 4.74 Å². The molecule has 0 aromatic heterocycles. The molecule has 0 amide bonds. The summed E-state index contributed by atoms with van der Waals surface area (Å²) in [6, 6.07) is 0. The first-order valence-corrected chi connectivity index (χ1v) is 6.22. The van der Waals surface area contributed by atoms with Crippen LogP contribution in [0.3, 0.4) is 0 Å². The number of hydrogen-bond acceptors (Lipinski definition) is 3. The first-order chi connectivity index (χ1) is 7.29. The lowest BCUT2D eigenvalue weighted by Crippen LogP contribution is -2.62. The van der Waals surface area contributed by atoms with Crippen molar-refractivity contribution in [3.63, 3.8) is 0 Å². The standard InChI is InChI=1S/C12H21NO2/c14-9-11(4-5-11)8-13-6-7-15-10-12(13)2-1-3-12/h14H,1-10H2. The van der Waals surface area contributed by atoms with Gasteiger partial charge in [0.25, 0.3) is 0 Å². The first kappa shape index (κ1) is 10.1. The first-order valence-electron chi connectivity index (χ1n) is 6.22. The quantitative estimate of drug-likeness (QED) is 0.756. The third-order valence-electron chi connectivity index (χ3n) is 4.65. The van der Waals surface area contributed by atoms with Crippen molar-refractivity contribution >= 4 is 0 Å². The molecule has 2 aliphatic carbocycles. The van der Waals surface area contributed by atoms with Crippen molar-refractivity contribution in [1.82, 2.24) is 4.90 Å². The van der Waals surface area contributed by atoms with E-state index in [2.05, 4.69) is 4.90 Å². The van der Waals surface area contributed by atoms with Crippen molar-refractivity contribution in [2.45, 2.75) is 37.6 Å². The van der Waals surface area contributed by atoms with Crippen molar-refractivity contribution in [2.75, 3.05) is 32.9 Å². The molecule has 1 N–H and O–H groups in total. The van der Waals surface area contributed by atoms with Crippen LogP contribution in [-0.4, -0.2) is 48.5 Å². The average Bonchev–Trinajstić information content (AvgIpc) is 2.97. The second-order valence-electron chi connectivity index (χ2n) is 5.71. The molecule has 0 unspecified atom stereocenters. The predicted octanol–water partition coefficient (Wildman–Crippen LogP) is 1.01. The van der Waals surface area contributed by atoms with E-state index in [1.165, 1.54) is 32.1 Å². The van der Waals surface area contributed by atoms with Gasteiger partial charge in [-0.15, -0.1) is 0 Å². The van der Waals surface area contributed by atoms with Gasteiger partial charge in [-0.25, -0.2) is 0 Å². The Kier molecular flexibility index (Phi) is 2.31. The summed E-state index contributed by atoms with van der Waals surface area (Å²) in [6.45, 7) is 4.35. The molecule has 15 heavy (non-hydrogen) atoms. The van der Waals surface area contributed by atoms with Crippen molar-refractivity contribution in [2.24, 2.45) is 5.41 Å². The Bertz CT molecular complexity index is 246. The summed E-state index contributed by atoms with van der Waals surface area (Å²) in [7, 11) is 0. The number of ether oxygens (including phenoxy) is 1. The fourth-order valence-corrected chi connectivity index (χ4v) is 3.01. The van der Waals surface area contributed by atoms with Gasteiger partial charge in [0, 0.05) is 30.7 Å². The number of morpholine rings is 1. The van der Waals surface area contributed by atoms with Gasteiger partial charge in [0.2, 0.25) is 0 Å². The van der Waals surface area contributed by atoms with Crippen LogP contribution in [0.25, 0.3) is 0 Å². The molecule has 0 radical (unpaired) electrons. The zero-order valence-electron chi connectivity index (χ0n) is 9.37. The van der Waals surface area contributed by atoms with Crippen molar-refractivity contribution in [1.29, 1.82) is 0 Å². The van der Waals surface area contributed by atoms with E-state index in [-0.39, 0.29) is 5.41 Å². The molecule has 1 spiro atoms. The second kappa shape index (κ2) is 3.44. The smallest absolute Gasteiger partial charge is 0.0651 e. The third kappa shape index (κ3) is 1.61. The van der Waals surface area contributed by atoms with Crippen molar-refractivity contribution in [3.05, 3.63) is 0 Å². The molecule has 0 bridgehead atoms. The van der Waals surface area contributed by atoms with Gasteiger partial charge < -0.3 is 9.84 Å². The zero-order valence-corrected chi connectivity index (χ0v) is 9.37. The van der Waals surface area contributed by atoms with Gasteiger partial charge in [0.1, 0.15) is 0 Å². The summed E-state index contributed by atoms with van der Waals surface area (Å²) in [5, 5.41) is 9.39. The molecule has 0 atom stereocenters. The molecule has 3 heteroatoms. The van der Waals surface area contributed by atoms with Crippen molar-refractivity contribution < 1.29 is 9.84 Å². The number of aliphatic hydroxyl groups is 1. The summed E-state index contributed by atoms with van der Waals surface area (Å²) < 4.78 is 5.62. The van der Waals surface area contributed by atoms with Gasteiger partial charge >= 0.3 is 0 Å². The fraction of sp³-hybridized carbons (Fsp3) is 1.00. The predicted molar refractivity (Wildman–Crippen MR) is 57.7 cm³/mol. The topological polar surface area (TPSA) is 32.7 Å². The van der Waals surface area contributed by atoms with Crippen LogP contribution in [0.1, 0.15) is 32.1 Å². The van der Waals surface area contributed by atoms with E-state index in [4.69, 9.17) is 4.74 Å². The molecule has 3 nitrogen and oxygen atoms in total. The van der Waals surface area contributed by atoms with Crippen LogP contribution in [0.2, 0.25) is 0 Å². The minimum atomic E-state index is 0.264. The fourth-order valence-electron chi connectivity index (χ4n) is 3.01. The van der Waals surface area contributed by atoms with E-state index in [9.17, 15) is 5.11 Å². The Morgan fingerprint density at radius 1 is 1.20 bits per heavy atom. The molecule has 0 aromatic carbocycles. The number of nitrogens with zero attached hydrogens (tertiary/aromatic N) is 1. The molecule has 0 aromatic rings. The highest BCUT2D eigenvalue weighted by Crippen LogP contribution is 2.49. The molecule has 86 valence electrons. The van der Waals surface area contributed by atoms with Crippen LogP contribution in [0, 0.1) is 5.41 Å². The second-order valence-corrected chi connectivity index (χ2v) is 5.71. The highest BCUT2D eigenvalue weighted by Gasteiger charge is 2.50. The minimum absolute atomic E-state index is 0.264. The Hall–Kier alpha value is -0.120. The monoisotopic (exact) mass is 211 g/mol. The molecule has 1 aliphatic heterocycles. The molecular weight excluding hydrogens is 190 g/mol. The van der Waals surface area contributed by atoms with Gasteiger partial charge in [0.05, 0.1) is 13.2 Å². The van der Waals surface area contributed by atoms with Gasteiger partial charge in [-0.1, -0.05) is 0 Å². The maximum Gasteiger partial charge on any atom is 0.0651 e. The molecule has 3 rings (SSSR count). The molecular formula is C12H21NO2. The largest absolute Gasteiger partial charge is 0.396 e. The van der Waals surface area contributed by atoms with Gasteiger partial charge in [-0.2, -0.15) is 0 Å². The summed E-state index contributed by atoms with van der Waals surface area (Å²) >= 11 is 0. The summed E-state index contributed by atoms with van der Waals surface area (Å²) in [4.78, 5) is 2.61. The Balaban J connectivity index is 1.67. The van der Waals surface area contributed by atoms with E-state index in [1.807, 2.05) is 0 Å². The van der Waals surface area contributed by atoms with E-state index in [1.54, 1.807) is 0 Å². The SMILES string of the molecule is OCC1(CN2CCOCC23CCC3)CC1. The maximum absolute atomic E-state index is 9.39. The molecule has 1 saturated heterocycles. The van der Waals surface area contributed by atoms with E-state index >= 15 is 0 Å². The highest BCUT2D eigenvalue weighted by molar-refractivity contribution is 5.04. The van der Waals surface area contributed by atoms with E-state index in [0.717, 1.165) is 26.3 Å². The zero-order chi connectivity index (χ0) is 10.4. The van der Waals surface area contributed by atoms with Gasteiger partial charge in [0.15, 0.2) is 0 Å². The van der Waals surface area contributed by atoms with Crippen LogP contribution in [0.15, 0.2) is 0 Å². The maximum atomic E-state index is 9.39. The summed E-state index contributed by atoms with van der Waals surface area (Å²) in [6.07, 6.45) is 6.39. The molecule has 2 saturated carbocycles. The van der Waals surface area contributed by atoms with Crippen LogP contribution in [0.5, 0.6) is 0 Å². The Morgan fingerprint density at radius 3 is 2.53 bits per heavy atom.